The van der Waals surface area contributed by atoms with E-state index in [1.807, 2.05) is 20.8 Å². The molecule has 21 heavy (non-hydrogen) atoms. The smallest absolute Gasteiger partial charge is 0.316 e. The van der Waals surface area contributed by atoms with E-state index in [1.54, 1.807) is 0 Å². The fourth-order valence-corrected chi connectivity index (χ4v) is 2.33. The molecule has 0 unspecified atom stereocenters. The summed E-state index contributed by atoms with van der Waals surface area (Å²) in [6, 6.07) is 0.601. The van der Waals surface area contributed by atoms with Gasteiger partial charge in [0.15, 0.2) is 0 Å². The highest BCUT2D eigenvalue weighted by Crippen LogP contribution is 2.23. The number of nitrogens with one attached hydrogen (secondary N) is 1. The van der Waals surface area contributed by atoms with E-state index in [0.29, 0.717) is 11.0 Å². The Labute approximate surface area is 130 Å². The summed E-state index contributed by atoms with van der Waals surface area (Å²) >= 11 is 5.74. The average Bonchev–Trinajstić information content (AvgIpc) is 2.42. The molecule has 0 radical (unpaired) electrons. The van der Waals surface area contributed by atoms with E-state index in [1.165, 1.54) is 12.4 Å². The minimum Gasteiger partial charge on any atom is -0.460 e. The van der Waals surface area contributed by atoms with Gasteiger partial charge in [-0.05, 0) is 25.7 Å². The van der Waals surface area contributed by atoms with E-state index in [9.17, 15) is 4.79 Å². The lowest BCUT2D eigenvalue weighted by atomic mass is 9.90. The zero-order valence-corrected chi connectivity index (χ0v) is 13.5. The minimum absolute atomic E-state index is 0.105. The second-order valence-electron chi connectivity index (χ2n) is 6.50. The van der Waals surface area contributed by atoms with Gasteiger partial charge >= 0.3 is 6.01 Å². The molecule has 0 aromatic carbocycles. The lowest BCUT2D eigenvalue weighted by Crippen LogP contribution is -2.44. The molecule has 116 valence electrons. The first kappa shape index (κ1) is 16.0. The molecule has 1 aliphatic rings. The van der Waals surface area contributed by atoms with Crippen molar-refractivity contribution in [3.63, 3.8) is 0 Å². The van der Waals surface area contributed by atoms with Crippen molar-refractivity contribution in [1.82, 2.24) is 15.3 Å². The Kier molecular flexibility index (Phi) is 5.04. The standard InChI is InChI=1S/C15H22ClN3O2/c1-15(2,3)13(20)19-11-4-6-12(7-5-11)21-14-17-8-10(16)9-18-14/h8-9,11-12H,4-7H2,1-3H3,(H,19,20). The largest absolute Gasteiger partial charge is 0.460 e. The third kappa shape index (κ3) is 4.84. The van der Waals surface area contributed by atoms with E-state index < -0.39 is 0 Å². The first-order valence-electron chi connectivity index (χ1n) is 7.30. The van der Waals surface area contributed by atoms with E-state index in [2.05, 4.69) is 15.3 Å². The average molecular weight is 312 g/mol. The zero-order chi connectivity index (χ0) is 15.5. The lowest BCUT2D eigenvalue weighted by Gasteiger charge is -2.30. The van der Waals surface area contributed by atoms with Crippen molar-refractivity contribution in [3.05, 3.63) is 17.4 Å². The van der Waals surface area contributed by atoms with Gasteiger partial charge < -0.3 is 10.1 Å². The van der Waals surface area contributed by atoms with Crippen molar-refractivity contribution >= 4 is 17.5 Å². The number of hydrogen-bond donors (Lipinski definition) is 1. The van der Waals surface area contributed by atoms with Gasteiger partial charge in [0, 0.05) is 11.5 Å². The van der Waals surface area contributed by atoms with Gasteiger partial charge in [0.05, 0.1) is 17.4 Å². The number of ether oxygens (including phenoxy) is 1. The molecular weight excluding hydrogens is 290 g/mol. The number of nitrogens with zero attached hydrogens (tertiary/aromatic N) is 2. The van der Waals surface area contributed by atoms with Crippen LogP contribution in [0.3, 0.4) is 0 Å². The van der Waals surface area contributed by atoms with E-state index in [4.69, 9.17) is 16.3 Å². The quantitative estimate of drug-likeness (QED) is 0.932. The van der Waals surface area contributed by atoms with Crippen LogP contribution >= 0.6 is 11.6 Å². The van der Waals surface area contributed by atoms with Crippen LogP contribution in [0.15, 0.2) is 12.4 Å². The van der Waals surface area contributed by atoms with Gasteiger partial charge in [-0.25, -0.2) is 9.97 Å². The maximum absolute atomic E-state index is 12.0. The Morgan fingerprint density at radius 2 is 1.81 bits per heavy atom. The van der Waals surface area contributed by atoms with Crippen LogP contribution in [0.4, 0.5) is 0 Å². The Bertz CT molecular complexity index is 477. The highest BCUT2D eigenvalue weighted by atomic mass is 35.5. The van der Waals surface area contributed by atoms with Crippen molar-refractivity contribution in [2.45, 2.75) is 58.6 Å². The number of carbonyl (C=O) groups excluding carboxylic acids is 1. The third-order valence-corrected chi connectivity index (χ3v) is 3.75. The molecule has 6 heteroatoms. The topological polar surface area (TPSA) is 64.1 Å². The van der Waals surface area contributed by atoms with Crippen molar-refractivity contribution in [3.8, 4) is 6.01 Å². The summed E-state index contributed by atoms with van der Waals surface area (Å²) in [5.41, 5.74) is -0.343. The van der Waals surface area contributed by atoms with Gasteiger partial charge in [-0.15, -0.1) is 0 Å². The molecule has 0 atom stereocenters. The van der Waals surface area contributed by atoms with Crippen LogP contribution in [0.1, 0.15) is 46.5 Å². The van der Waals surface area contributed by atoms with Gasteiger partial charge in [-0.1, -0.05) is 32.4 Å². The number of rotatable bonds is 3. The van der Waals surface area contributed by atoms with Crippen LogP contribution < -0.4 is 10.1 Å². The van der Waals surface area contributed by atoms with Crippen LogP contribution in [-0.2, 0) is 4.79 Å². The third-order valence-electron chi connectivity index (χ3n) is 3.56. The number of halogens is 1. The van der Waals surface area contributed by atoms with Crippen molar-refractivity contribution in [2.24, 2.45) is 5.41 Å². The summed E-state index contributed by atoms with van der Waals surface area (Å²) in [4.78, 5) is 20.0. The Balaban J connectivity index is 1.78. The van der Waals surface area contributed by atoms with E-state index in [0.717, 1.165) is 25.7 Å². The SMILES string of the molecule is CC(C)(C)C(=O)NC1CCC(Oc2ncc(Cl)cn2)CC1. The Hall–Kier alpha value is -1.36. The molecule has 1 fully saturated rings. The molecule has 0 aliphatic heterocycles. The summed E-state index contributed by atoms with van der Waals surface area (Å²) in [5.74, 6) is 0.105. The summed E-state index contributed by atoms with van der Waals surface area (Å²) in [6.45, 7) is 5.78. The maximum Gasteiger partial charge on any atom is 0.316 e. The first-order valence-corrected chi connectivity index (χ1v) is 7.67. The van der Waals surface area contributed by atoms with Crippen LogP contribution in [0.5, 0.6) is 6.01 Å². The monoisotopic (exact) mass is 311 g/mol. The number of amides is 1. The number of aromatic nitrogens is 2. The number of carbonyl (C=O) groups is 1. The Morgan fingerprint density at radius 1 is 1.24 bits per heavy atom. The van der Waals surface area contributed by atoms with Gasteiger partial charge in [-0.2, -0.15) is 0 Å². The molecule has 1 N–H and O–H groups in total. The van der Waals surface area contributed by atoms with Crippen molar-refractivity contribution in [2.75, 3.05) is 0 Å². The van der Waals surface area contributed by atoms with Gasteiger partial charge in [-0.3, -0.25) is 4.79 Å². The van der Waals surface area contributed by atoms with Gasteiger partial charge in [0.2, 0.25) is 5.91 Å². The molecule has 1 aromatic rings. The molecule has 0 saturated heterocycles. The highest BCUT2D eigenvalue weighted by Gasteiger charge is 2.28. The minimum atomic E-state index is -0.343. The predicted molar refractivity (Wildman–Crippen MR) is 81.3 cm³/mol. The maximum atomic E-state index is 12.0. The molecule has 5 nitrogen and oxygen atoms in total. The molecule has 1 aromatic heterocycles. The van der Waals surface area contributed by atoms with E-state index >= 15 is 0 Å². The van der Waals surface area contributed by atoms with Crippen LogP contribution in [0.2, 0.25) is 5.02 Å². The van der Waals surface area contributed by atoms with Crippen molar-refractivity contribution < 1.29 is 9.53 Å². The van der Waals surface area contributed by atoms with Crippen LogP contribution in [-0.4, -0.2) is 28.0 Å². The Morgan fingerprint density at radius 3 is 2.33 bits per heavy atom. The molecular formula is C15H22ClN3O2. The summed E-state index contributed by atoms with van der Waals surface area (Å²) < 4.78 is 5.74. The molecule has 2 rings (SSSR count). The second-order valence-corrected chi connectivity index (χ2v) is 6.94. The summed E-state index contributed by atoms with van der Waals surface area (Å²) in [6.07, 6.45) is 6.77. The molecule has 1 saturated carbocycles. The number of hydrogen-bond acceptors (Lipinski definition) is 4. The zero-order valence-electron chi connectivity index (χ0n) is 12.7. The molecule has 0 bridgehead atoms. The van der Waals surface area contributed by atoms with Crippen LogP contribution in [0.25, 0.3) is 0 Å². The lowest BCUT2D eigenvalue weighted by molar-refractivity contribution is -0.129. The van der Waals surface area contributed by atoms with Crippen molar-refractivity contribution in [1.29, 1.82) is 0 Å². The first-order chi connectivity index (χ1) is 9.84. The fraction of sp³-hybridized carbons (Fsp3) is 0.667. The van der Waals surface area contributed by atoms with E-state index in [-0.39, 0.29) is 23.5 Å². The van der Waals surface area contributed by atoms with Crippen LogP contribution in [0, 0.1) is 5.41 Å². The van der Waals surface area contributed by atoms with Gasteiger partial charge in [0.25, 0.3) is 0 Å². The molecule has 0 spiro atoms. The normalized spacial score (nSPS) is 22.7. The molecule has 1 aliphatic carbocycles. The summed E-state index contributed by atoms with van der Waals surface area (Å²) in [7, 11) is 0. The highest BCUT2D eigenvalue weighted by molar-refractivity contribution is 6.30. The van der Waals surface area contributed by atoms with Gasteiger partial charge in [0.1, 0.15) is 6.10 Å². The predicted octanol–water partition coefficient (Wildman–Crippen LogP) is 2.98. The summed E-state index contributed by atoms with van der Waals surface area (Å²) in [5, 5.41) is 3.60. The molecule has 1 heterocycles. The molecule has 1 amide bonds. The second kappa shape index (κ2) is 6.60. The fourth-order valence-electron chi connectivity index (χ4n) is 2.24.